The van der Waals surface area contributed by atoms with Crippen LogP contribution in [0.25, 0.3) is 0 Å². The molecule has 1 aliphatic rings. The minimum Gasteiger partial charge on any atom is -0.496 e. The van der Waals surface area contributed by atoms with E-state index in [2.05, 4.69) is 22.5 Å². The van der Waals surface area contributed by atoms with Crippen LogP contribution in [-0.2, 0) is 11.3 Å². The van der Waals surface area contributed by atoms with Gasteiger partial charge < -0.3 is 20.1 Å². The van der Waals surface area contributed by atoms with Crippen molar-refractivity contribution in [3.63, 3.8) is 0 Å². The summed E-state index contributed by atoms with van der Waals surface area (Å²) in [6, 6.07) is 7.97. The molecule has 2 rings (SSSR count). The fourth-order valence-electron chi connectivity index (χ4n) is 2.10. The first kappa shape index (κ1) is 18.0. The van der Waals surface area contributed by atoms with Gasteiger partial charge in [0.15, 0.2) is 5.96 Å². The largest absolute Gasteiger partial charge is 0.496 e. The molecule has 0 aromatic heterocycles. The quantitative estimate of drug-likeness (QED) is 0.447. The van der Waals surface area contributed by atoms with Crippen molar-refractivity contribution >= 4 is 29.9 Å². The first-order chi connectivity index (χ1) is 9.67. The lowest BCUT2D eigenvalue weighted by Gasteiger charge is -2.38. The Labute approximate surface area is 143 Å². The van der Waals surface area contributed by atoms with Gasteiger partial charge in [0.25, 0.3) is 0 Å². The Balaban J connectivity index is 0.00000220. The smallest absolute Gasteiger partial charge is 0.191 e. The SMILES string of the molecule is CN=C(NCc1ccccc1OC)NCC1(C)COC1.I. The zero-order valence-corrected chi connectivity index (χ0v) is 15.1. The molecule has 0 spiro atoms. The number of nitrogens with one attached hydrogen (secondary N) is 2. The monoisotopic (exact) mass is 405 g/mol. The standard InChI is InChI=1S/C15H23N3O2.HI/c1-15(10-20-11-15)9-18-14(16-2)17-8-12-6-4-5-7-13(12)19-3;/h4-7H,8-11H2,1-3H3,(H2,16,17,18);1H. The van der Waals surface area contributed by atoms with Gasteiger partial charge in [0.2, 0.25) is 0 Å². The van der Waals surface area contributed by atoms with Crippen molar-refractivity contribution in [1.82, 2.24) is 10.6 Å². The summed E-state index contributed by atoms with van der Waals surface area (Å²) >= 11 is 0. The molecule has 1 heterocycles. The summed E-state index contributed by atoms with van der Waals surface area (Å²) in [6.45, 7) is 5.36. The van der Waals surface area contributed by atoms with Crippen LogP contribution in [0.15, 0.2) is 29.3 Å². The van der Waals surface area contributed by atoms with E-state index in [0.717, 1.165) is 37.0 Å². The number of rotatable bonds is 5. The molecule has 5 nitrogen and oxygen atoms in total. The number of halogens is 1. The van der Waals surface area contributed by atoms with Crippen molar-refractivity contribution in [1.29, 1.82) is 0 Å². The predicted molar refractivity (Wildman–Crippen MR) is 95.5 cm³/mol. The zero-order chi connectivity index (χ0) is 14.4. The van der Waals surface area contributed by atoms with Crippen molar-refractivity contribution in [2.45, 2.75) is 13.5 Å². The highest BCUT2D eigenvalue weighted by Crippen LogP contribution is 2.25. The van der Waals surface area contributed by atoms with Crippen LogP contribution in [0, 0.1) is 5.41 Å². The molecule has 1 saturated heterocycles. The lowest BCUT2D eigenvalue weighted by molar-refractivity contribution is -0.0971. The number of hydrogen-bond acceptors (Lipinski definition) is 3. The molecule has 0 atom stereocenters. The van der Waals surface area contributed by atoms with Crippen molar-refractivity contribution in [2.75, 3.05) is 33.9 Å². The summed E-state index contributed by atoms with van der Waals surface area (Å²) in [5.74, 6) is 1.68. The molecule has 1 fully saturated rings. The second-order valence-corrected chi connectivity index (χ2v) is 5.39. The van der Waals surface area contributed by atoms with Crippen LogP contribution in [-0.4, -0.2) is 39.9 Å². The molecule has 0 amide bonds. The van der Waals surface area contributed by atoms with Gasteiger partial charge in [-0.05, 0) is 6.07 Å². The highest BCUT2D eigenvalue weighted by molar-refractivity contribution is 14.0. The van der Waals surface area contributed by atoms with Gasteiger partial charge in [0.1, 0.15) is 5.75 Å². The Morgan fingerprint density at radius 3 is 2.62 bits per heavy atom. The van der Waals surface area contributed by atoms with Gasteiger partial charge in [0.05, 0.1) is 20.3 Å². The van der Waals surface area contributed by atoms with E-state index in [4.69, 9.17) is 9.47 Å². The van der Waals surface area contributed by atoms with Crippen LogP contribution in [0.2, 0.25) is 0 Å². The van der Waals surface area contributed by atoms with Crippen LogP contribution in [0.5, 0.6) is 5.75 Å². The maximum Gasteiger partial charge on any atom is 0.191 e. The third kappa shape index (κ3) is 5.03. The highest BCUT2D eigenvalue weighted by atomic mass is 127. The normalized spacial score (nSPS) is 16.4. The number of nitrogens with zero attached hydrogens (tertiary/aromatic N) is 1. The minimum absolute atomic E-state index is 0. The van der Waals surface area contributed by atoms with E-state index in [-0.39, 0.29) is 29.4 Å². The van der Waals surface area contributed by atoms with Gasteiger partial charge in [-0.1, -0.05) is 25.1 Å². The van der Waals surface area contributed by atoms with Crippen molar-refractivity contribution < 1.29 is 9.47 Å². The zero-order valence-electron chi connectivity index (χ0n) is 12.8. The van der Waals surface area contributed by atoms with Gasteiger partial charge in [-0.15, -0.1) is 24.0 Å². The fraction of sp³-hybridized carbons (Fsp3) is 0.533. The molecule has 0 radical (unpaired) electrons. The summed E-state index contributed by atoms with van der Waals surface area (Å²) in [5, 5.41) is 6.64. The molecule has 0 bridgehead atoms. The van der Waals surface area contributed by atoms with Gasteiger partial charge in [0, 0.05) is 31.1 Å². The topological polar surface area (TPSA) is 54.9 Å². The molecule has 21 heavy (non-hydrogen) atoms. The molecule has 6 heteroatoms. The van der Waals surface area contributed by atoms with E-state index in [1.165, 1.54) is 0 Å². The summed E-state index contributed by atoms with van der Waals surface area (Å²) in [5.41, 5.74) is 1.33. The van der Waals surface area contributed by atoms with Crippen LogP contribution in [0.3, 0.4) is 0 Å². The fourth-order valence-corrected chi connectivity index (χ4v) is 2.10. The molecule has 0 saturated carbocycles. The Bertz CT molecular complexity index is 476. The summed E-state index contributed by atoms with van der Waals surface area (Å²) < 4.78 is 10.6. The lowest BCUT2D eigenvalue weighted by Crippen LogP contribution is -2.50. The number of ether oxygens (including phenoxy) is 2. The van der Waals surface area contributed by atoms with E-state index in [9.17, 15) is 0 Å². The summed E-state index contributed by atoms with van der Waals surface area (Å²) in [4.78, 5) is 4.23. The first-order valence-corrected chi connectivity index (χ1v) is 6.81. The Kier molecular flexibility index (Phi) is 7.24. The number of methoxy groups -OCH3 is 1. The number of guanidine groups is 1. The Hall–Kier alpha value is -1.02. The van der Waals surface area contributed by atoms with Crippen LogP contribution >= 0.6 is 24.0 Å². The van der Waals surface area contributed by atoms with Crippen LogP contribution < -0.4 is 15.4 Å². The van der Waals surface area contributed by atoms with Crippen molar-refractivity contribution in [2.24, 2.45) is 10.4 Å². The second-order valence-electron chi connectivity index (χ2n) is 5.39. The molecule has 0 aliphatic carbocycles. The van der Waals surface area contributed by atoms with Crippen LogP contribution in [0.4, 0.5) is 0 Å². The Morgan fingerprint density at radius 2 is 2.05 bits per heavy atom. The number of aliphatic imine (C=N–C) groups is 1. The third-order valence-corrected chi connectivity index (χ3v) is 3.45. The van der Waals surface area contributed by atoms with Gasteiger partial charge in [-0.25, -0.2) is 0 Å². The minimum atomic E-state index is 0. The molecule has 2 N–H and O–H groups in total. The number of hydrogen-bond donors (Lipinski definition) is 2. The first-order valence-electron chi connectivity index (χ1n) is 6.81. The second kappa shape index (κ2) is 8.43. The third-order valence-electron chi connectivity index (χ3n) is 3.45. The number of benzene rings is 1. The molecule has 1 aromatic carbocycles. The predicted octanol–water partition coefficient (Wildman–Crippen LogP) is 2.01. The number of para-hydroxylation sites is 1. The lowest BCUT2D eigenvalue weighted by atomic mass is 9.89. The summed E-state index contributed by atoms with van der Waals surface area (Å²) in [7, 11) is 3.46. The van der Waals surface area contributed by atoms with E-state index in [1.54, 1.807) is 14.2 Å². The molecular weight excluding hydrogens is 381 g/mol. The maximum atomic E-state index is 5.34. The average Bonchev–Trinajstić information content (AvgIpc) is 2.45. The highest BCUT2D eigenvalue weighted by Gasteiger charge is 2.33. The maximum absolute atomic E-state index is 5.34. The summed E-state index contributed by atoms with van der Waals surface area (Å²) in [6.07, 6.45) is 0. The molecular formula is C15H24IN3O2. The molecule has 1 aromatic rings. The molecule has 0 unspecified atom stereocenters. The van der Waals surface area contributed by atoms with Gasteiger partial charge in [-0.2, -0.15) is 0 Å². The average molecular weight is 405 g/mol. The van der Waals surface area contributed by atoms with E-state index >= 15 is 0 Å². The van der Waals surface area contributed by atoms with E-state index < -0.39 is 0 Å². The van der Waals surface area contributed by atoms with Gasteiger partial charge in [-0.3, -0.25) is 4.99 Å². The van der Waals surface area contributed by atoms with E-state index in [0.29, 0.717) is 6.54 Å². The molecule has 1 aliphatic heterocycles. The molecule has 118 valence electrons. The van der Waals surface area contributed by atoms with Crippen molar-refractivity contribution in [3.8, 4) is 5.75 Å². The van der Waals surface area contributed by atoms with Crippen LogP contribution in [0.1, 0.15) is 12.5 Å². The van der Waals surface area contributed by atoms with Gasteiger partial charge >= 0.3 is 0 Å². The van der Waals surface area contributed by atoms with E-state index in [1.807, 2.05) is 24.3 Å². The Morgan fingerprint density at radius 1 is 1.33 bits per heavy atom. The van der Waals surface area contributed by atoms with Crippen molar-refractivity contribution in [3.05, 3.63) is 29.8 Å².